The summed E-state index contributed by atoms with van der Waals surface area (Å²) in [6, 6.07) is 31.0. The Morgan fingerprint density at radius 2 is 1.30 bits per heavy atom. The third-order valence-electron chi connectivity index (χ3n) is 6.00. The highest BCUT2D eigenvalue weighted by molar-refractivity contribution is 5.77. The molecule has 0 aliphatic carbocycles. The summed E-state index contributed by atoms with van der Waals surface area (Å²) >= 11 is 0. The van der Waals surface area contributed by atoms with E-state index in [1.54, 1.807) is 0 Å². The van der Waals surface area contributed by atoms with Crippen LogP contribution in [-0.2, 0) is 11.3 Å². The molecule has 1 fully saturated rings. The Morgan fingerprint density at radius 1 is 0.800 bits per heavy atom. The molecule has 0 spiro atoms. The molecule has 0 unspecified atom stereocenters. The van der Waals surface area contributed by atoms with Crippen LogP contribution in [0.25, 0.3) is 0 Å². The number of nitrogens with one attached hydrogen (secondary N) is 1. The lowest BCUT2D eigenvalue weighted by atomic mass is 9.92. The number of carbonyl (C=O) groups excluding carboxylic acids is 1. The van der Waals surface area contributed by atoms with Crippen LogP contribution in [0, 0.1) is 5.92 Å². The fraction of sp³-hybridized carbons (Fsp3) is 0.296. The minimum absolute atomic E-state index is 0.0990. The summed E-state index contributed by atoms with van der Waals surface area (Å²) in [7, 11) is 0. The first-order chi connectivity index (χ1) is 14.8. The minimum atomic E-state index is -0.0990. The number of hydrogen-bond acceptors (Lipinski definition) is 2. The van der Waals surface area contributed by atoms with Gasteiger partial charge in [-0.2, -0.15) is 0 Å². The Balaban J connectivity index is 1.32. The molecule has 1 amide bonds. The monoisotopic (exact) mass is 398 g/mol. The van der Waals surface area contributed by atoms with E-state index in [1.807, 2.05) is 36.4 Å². The number of hydrogen-bond donors (Lipinski definition) is 1. The third kappa shape index (κ3) is 5.58. The first kappa shape index (κ1) is 20.4. The topological polar surface area (TPSA) is 32.3 Å². The highest BCUT2D eigenvalue weighted by atomic mass is 16.1. The van der Waals surface area contributed by atoms with E-state index in [1.165, 1.54) is 5.56 Å². The molecule has 1 N–H and O–H groups in total. The van der Waals surface area contributed by atoms with Gasteiger partial charge in [0.1, 0.15) is 0 Å². The second-order valence-corrected chi connectivity index (χ2v) is 8.23. The number of carbonyl (C=O) groups is 1. The number of rotatable bonds is 7. The molecule has 1 aliphatic rings. The smallest absolute Gasteiger partial charge is 0.221 e. The van der Waals surface area contributed by atoms with Gasteiger partial charge in [0.25, 0.3) is 0 Å². The summed E-state index contributed by atoms with van der Waals surface area (Å²) < 4.78 is 0. The zero-order valence-corrected chi connectivity index (χ0v) is 17.4. The van der Waals surface area contributed by atoms with Crippen LogP contribution in [0.3, 0.4) is 0 Å². The Bertz CT molecular complexity index is 864. The lowest BCUT2D eigenvalue weighted by Gasteiger charge is -2.32. The Labute approximate surface area is 179 Å². The van der Waals surface area contributed by atoms with Gasteiger partial charge in [0.05, 0.1) is 6.04 Å². The zero-order chi connectivity index (χ0) is 20.6. The molecule has 154 valence electrons. The molecule has 0 aromatic heterocycles. The maximum Gasteiger partial charge on any atom is 0.221 e. The van der Waals surface area contributed by atoms with Crippen molar-refractivity contribution in [2.24, 2.45) is 5.92 Å². The van der Waals surface area contributed by atoms with Crippen molar-refractivity contribution in [3.63, 3.8) is 0 Å². The molecule has 0 saturated carbocycles. The van der Waals surface area contributed by atoms with Crippen LogP contribution in [0.5, 0.6) is 0 Å². The van der Waals surface area contributed by atoms with E-state index in [-0.39, 0.29) is 11.9 Å². The third-order valence-corrected chi connectivity index (χ3v) is 6.00. The maximum absolute atomic E-state index is 12.9. The van der Waals surface area contributed by atoms with Crippen LogP contribution in [0.15, 0.2) is 91.0 Å². The van der Waals surface area contributed by atoms with Crippen LogP contribution >= 0.6 is 0 Å². The highest BCUT2D eigenvalue weighted by Crippen LogP contribution is 2.25. The number of benzene rings is 3. The summed E-state index contributed by atoms with van der Waals surface area (Å²) in [5, 5.41) is 3.30. The molecule has 30 heavy (non-hydrogen) atoms. The van der Waals surface area contributed by atoms with Gasteiger partial charge in [0.15, 0.2) is 0 Å². The largest absolute Gasteiger partial charge is 0.345 e. The highest BCUT2D eigenvalue weighted by Gasteiger charge is 2.23. The summed E-state index contributed by atoms with van der Waals surface area (Å²) in [5.41, 5.74) is 3.60. The van der Waals surface area contributed by atoms with Crippen molar-refractivity contribution < 1.29 is 4.79 Å². The van der Waals surface area contributed by atoms with Gasteiger partial charge in [-0.15, -0.1) is 0 Å². The van der Waals surface area contributed by atoms with Gasteiger partial charge in [0, 0.05) is 13.0 Å². The van der Waals surface area contributed by atoms with Gasteiger partial charge >= 0.3 is 0 Å². The first-order valence-corrected chi connectivity index (χ1v) is 10.9. The van der Waals surface area contributed by atoms with Gasteiger partial charge in [-0.3, -0.25) is 9.69 Å². The average molecular weight is 399 g/mol. The van der Waals surface area contributed by atoms with Gasteiger partial charge in [-0.25, -0.2) is 0 Å². The molecule has 1 heterocycles. The molecule has 3 aromatic rings. The van der Waals surface area contributed by atoms with Crippen LogP contribution in [-0.4, -0.2) is 23.9 Å². The van der Waals surface area contributed by atoms with Crippen LogP contribution in [0.1, 0.15) is 42.0 Å². The molecule has 0 bridgehead atoms. The summed E-state index contributed by atoms with van der Waals surface area (Å²) in [5.74, 6) is 0.610. The number of piperidine rings is 1. The second-order valence-electron chi connectivity index (χ2n) is 8.23. The van der Waals surface area contributed by atoms with E-state index in [9.17, 15) is 4.79 Å². The fourth-order valence-electron chi connectivity index (χ4n) is 4.32. The Kier molecular flexibility index (Phi) is 6.94. The Morgan fingerprint density at radius 3 is 1.83 bits per heavy atom. The quantitative estimate of drug-likeness (QED) is 0.594. The maximum atomic E-state index is 12.9. The summed E-state index contributed by atoms with van der Waals surface area (Å²) in [6.07, 6.45) is 2.78. The van der Waals surface area contributed by atoms with Crippen LogP contribution < -0.4 is 5.32 Å². The predicted octanol–water partition coefficient (Wildman–Crippen LogP) is 5.19. The standard InChI is InChI=1S/C27H30N2O/c30-26(20-22-16-18-29(19-17-22)21-23-10-4-1-5-11-23)28-27(24-12-6-2-7-13-24)25-14-8-3-9-15-25/h1-15,22,27H,16-21H2,(H,28,30). The van der Waals surface area contributed by atoms with Gasteiger partial charge in [0.2, 0.25) is 5.91 Å². The average Bonchev–Trinajstić information content (AvgIpc) is 2.81. The van der Waals surface area contributed by atoms with Crippen LogP contribution in [0.4, 0.5) is 0 Å². The molecule has 1 saturated heterocycles. The lowest BCUT2D eigenvalue weighted by molar-refractivity contribution is -0.122. The molecule has 0 radical (unpaired) electrons. The fourth-order valence-corrected chi connectivity index (χ4v) is 4.32. The first-order valence-electron chi connectivity index (χ1n) is 10.9. The number of amides is 1. The van der Waals surface area contributed by atoms with E-state index >= 15 is 0 Å². The van der Waals surface area contributed by atoms with E-state index in [4.69, 9.17) is 0 Å². The molecule has 3 aromatic carbocycles. The second kappa shape index (κ2) is 10.2. The normalized spacial score (nSPS) is 15.2. The molecule has 4 rings (SSSR count). The van der Waals surface area contributed by atoms with Gasteiger partial charge in [-0.1, -0.05) is 91.0 Å². The molecule has 0 atom stereocenters. The van der Waals surface area contributed by atoms with Crippen molar-refractivity contribution in [3.8, 4) is 0 Å². The van der Waals surface area contributed by atoms with E-state index in [2.05, 4.69) is 64.8 Å². The van der Waals surface area contributed by atoms with Crippen LogP contribution in [0.2, 0.25) is 0 Å². The minimum Gasteiger partial charge on any atom is -0.345 e. The molecular formula is C27H30N2O. The SMILES string of the molecule is O=C(CC1CCN(Cc2ccccc2)CC1)NC(c1ccccc1)c1ccccc1. The van der Waals surface area contributed by atoms with Gasteiger partial charge in [-0.05, 0) is 48.5 Å². The molecular weight excluding hydrogens is 368 g/mol. The van der Waals surface area contributed by atoms with Gasteiger partial charge < -0.3 is 5.32 Å². The van der Waals surface area contributed by atoms with E-state index in [0.717, 1.165) is 43.6 Å². The van der Waals surface area contributed by atoms with Crippen molar-refractivity contribution in [1.82, 2.24) is 10.2 Å². The van der Waals surface area contributed by atoms with Crippen molar-refractivity contribution in [2.45, 2.75) is 31.8 Å². The Hall–Kier alpha value is -2.91. The summed E-state index contributed by atoms with van der Waals surface area (Å²) in [6.45, 7) is 3.13. The van der Waals surface area contributed by atoms with Crippen molar-refractivity contribution in [1.29, 1.82) is 0 Å². The summed E-state index contributed by atoms with van der Waals surface area (Å²) in [4.78, 5) is 15.4. The van der Waals surface area contributed by atoms with E-state index < -0.39 is 0 Å². The molecule has 1 aliphatic heterocycles. The van der Waals surface area contributed by atoms with Crippen molar-refractivity contribution >= 4 is 5.91 Å². The van der Waals surface area contributed by atoms with Crippen molar-refractivity contribution in [3.05, 3.63) is 108 Å². The predicted molar refractivity (Wildman–Crippen MR) is 122 cm³/mol. The lowest BCUT2D eigenvalue weighted by Crippen LogP contribution is -2.36. The molecule has 3 heteroatoms. The van der Waals surface area contributed by atoms with E-state index in [0.29, 0.717) is 12.3 Å². The van der Waals surface area contributed by atoms with Crippen molar-refractivity contribution in [2.75, 3.05) is 13.1 Å². The zero-order valence-electron chi connectivity index (χ0n) is 17.4. The molecule has 3 nitrogen and oxygen atoms in total. The number of likely N-dealkylation sites (tertiary alicyclic amines) is 1. The number of nitrogens with zero attached hydrogens (tertiary/aromatic N) is 1.